The number of ketones is 1. The molecule has 0 aromatic heterocycles. The summed E-state index contributed by atoms with van der Waals surface area (Å²) >= 11 is 0. The number of rotatable bonds is 6. The first-order chi connectivity index (χ1) is 12.2. The lowest BCUT2D eigenvalue weighted by Crippen LogP contribution is -2.26. The van der Waals surface area contributed by atoms with Crippen LogP contribution in [0.2, 0.25) is 0 Å². The zero-order valence-electron chi connectivity index (χ0n) is 15.7. The standard InChI is InChI=1S/C21H23FO4/c1-12-8-14(3)17(9-13(12)2)21(24)15(4)26-20(23)11-16-6-7-19(25-5)18(22)10-16/h6-10,15H,11H2,1-5H3/t15-/m0/s1. The number of hydrogen-bond donors (Lipinski definition) is 0. The Kier molecular flexibility index (Phi) is 6.14. The third-order valence-electron chi connectivity index (χ3n) is 4.35. The molecule has 4 nitrogen and oxygen atoms in total. The van der Waals surface area contributed by atoms with Crippen LogP contribution in [0.4, 0.5) is 4.39 Å². The second kappa shape index (κ2) is 8.13. The average molecular weight is 358 g/mol. The Morgan fingerprint density at radius 3 is 2.31 bits per heavy atom. The van der Waals surface area contributed by atoms with Crippen molar-refractivity contribution < 1.29 is 23.5 Å². The van der Waals surface area contributed by atoms with Crippen LogP contribution in [0.25, 0.3) is 0 Å². The van der Waals surface area contributed by atoms with Gasteiger partial charge >= 0.3 is 5.97 Å². The molecule has 1 atom stereocenters. The van der Waals surface area contributed by atoms with Gasteiger partial charge in [-0.25, -0.2) is 4.39 Å². The van der Waals surface area contributed by atoms with Crippen molar-refractivity contribution in [1.82, 2.24) is 0 Å². The van der Waals surface area contributed by atoms with Gasteiger partial charge in [-0.05, 0) is 68.1 Å². The van der Waals surface area contributed by atoms with Crippen LogP contribution < -0.4 is 4.74 Å². The van der Waals surface area contributed by atoms with Crippen molar-refractivity contribution in [1.29, 1.82) is 0 Å². The van der Waals surface area contributed by atoms with E-state index in [0.717, 1.165) is 16.7 Å². The molecule has 2 aromatic carbocycles. The predicted molar refractivity (Wildman–Crippen MR) is 97.2 cm³/mol. The fourth-order valence-corrected chi connectivity index (χ4v) is 2.72. The first-order valence-corrected chi connectivity index (χ1v) is 8.37. The highest BCUT2D eigenvalue weighted by atomic mass is 19.1. The zero-order chi connectivity index (χ0) is 19.4. The van der Waals surface area contributed by atoms with Crippen LogP contribution in [0, 0.1) is 26.6 Å². The van der Waals surface area contributed by atoms with Gasteiger partial charge in [0.05, 0.1) is 13.5 Å². The number of carbonyl (C=O) groups excluding carboxylic acids is 2. The van der Waals surface area contributed by atoms with Crippen LogP contribution in [0.3, 0.4) is 0 Å². The van der Waals surface area contributed by atoms with Gasteiger partial charge in [0.15, 0.2) is 17.7 Å². The van der Waals surface area contributed by atoms with Crippen LogP contribution in [0.15, 0.2) is 30.3 Å². The van der Waals surface area contributed by atoms with Crippen molar-refractivity contribution in [2.24, 2.45) is 0 Å². The van der Waals surface area contributed by atoms with Crippen LogP contribution in [-0.4, -0.2) is 25.0 Å². The SMILES string of the molecule is COc1ccc(CC(=O)O[C@@H](C)C(=O)c2cc(C)c(C)cc2C)cc1F. The Labute approximate surface area is 152 Å². The highest BCUT2D eigenvalue weighted by Crippen LogP contribution is 2.20. The summed E-state index contributed by atoms with van der Waals surface area (Å²) in [5.74, 6) is -1.28. The van der Waals surface area contributed by atoms with Crippen LogP contribution >= 0.6 is 0 Å². The minimum atomic E-state index is -0.911. The molecule has 138 valence electrons. The number of esters is 1. The number of benzene rings is 2. The number of methoxy groups -OCH3 is 1. The Bertz CT molecular complexity index is 842. The van der Waals surface area contributed by atoms with Gasteiger partial charge in [0, 0.05) is 5.56 Å². The van der Waals surface area contributed by atoms with Crippen molar-refractivity contribution in [3.8, 4) is 5.75 Å². The van der Waals surface area contributed by atoms with Crippen molar-refractivity contribution >= 4 is 11.8 Å². The molecule has 2 rings (SSSR count). The van der Waals surface area contributed by atoms with E-state index in [0.29, 0.717) is 11.1 Å². The molecule has 0 aliphatic rings. The summed E-state index contributed by atoms with van der Waals surface area (Å²) in [6, 6.07) is 8.02. The second-order valence-electron chi connectivity index (χ2n) is 6.39. The Morgan fingerprint density at radius 1 is 1.04 bits per heavy atom. The molecule has 2 aromatic rings. The molecule has 0 radical (unpaired) electrons. The maximum absolute atomic E-state index is 13.7. The first kappa shape index (κ1) is 19.6. The number of carbonyl (C=O) groups is 2. The smallest absolute Gasteiger partial charge is 0.310 e. The number of ether oxygens (including phenoxy) is 2. The summed E-state index contributed by atoms with van der Waals surface area (Å²) in [4.78, 5) is 24.7. The van der Waals surface area contributed by atoms with Crippen molar-refractivity contribution in [2.45, 2.75) is 40.2 Å². The molecule has 0 saturated heterocycles. The second-order valence-corrected chi connectivity index (χ2v) is 6.39. The largest absolute Gasteiger partial charge is 0.494 e. The fourth-order valence-electron chi connectivity index (χ4n) is 2.72. The van der Waals surface area contributed by atoms with Gasteiger partial charge < -0.3 is 9.47 Å². The summed E-state index contributed by atoms with van der Waals surface area (Å²) in [7, 11) is 1.37. The molecule has 0 N–H and O–H groups in total. The zero-order valence-corrected chi connectivity index (χ0v) is 15.7. The number of aryl methyl sites for hydroxylation is 3. The van der Waals surface area contributed by atoms with Gasteiger partial charge in [0.2, 0.25) is 5.78 Å². The highest BCUT2D eigenvalue weighted by molar-refractivity contribution is 6.01. The van der Waals surface area contributed by atoms with E-state index in [1.54, 1.807) is 13.0 Å². The van der Waals surface area contributed by atoms with Crippen LogP contribution in [0.5, 0.6) is 5.75 Å². The van der Waals surface area contributed by atoms with Gasteiger partial charge in [0.25, 0.3) is 0 Å². The van der Waals surface area contributed by atoms with Gasteiger partial charge in [-0.2, -0.15) is 0 Å². The van der Waals surface area contributed by atoms with E-state index in [2.05, 4.69) is 0 Å². The third kappa shape index (κ3) is 4.48. The maximum atomic E-state index is 13.7. The minimum absolute atomic E-state index is 0.107. The molecule has 0 aliphatic carbocycles. The lowest BCUT2D eigenvalue weighted by atomic mass is 9.96. The number of hydrogen-bond acceptors (Lipinski definition) is 4. The monoisotopic (exact) mass is 358 g/mol. The van der Waals surface area contributed by atoms with Gasteiger partial charge in [-0.3, -0.25) is 9.59 Å². The molecule has 26 heavy (non-hydrogen) atoms. The topological polar surface area (TPSA) is 52.6 Å². The summed E-state index contributed by atoms with van der Waals surface area (Å²) in [5, 5.41) is 0. The van der Waals surface area contributed by atoms with Gasteiger partial charge in [-0.15, -0.1) is 0 Å². The van der Waals surface area contributed by atoms with E-state index in [-0.39, 0.29) is 18.0 Å². The van der Waals surface area contributed by atoms with E-state index in [4.69, 9.17) is 9.47 Å². The van der Waals surface area contributed by atoms with Crippen molar-refractivity contribution in [2.75, 3.05) is 7.11 Å². The average Bonchev–Trinajstić information content (AvgIpc) is 2.57. The van der Waals surface area contributed by atoms with Crippen molar-refractivity contribution in [3.63, 3.8) is 0 Å². The lowest BCUT2D eigenvalue weighted by Gasteiger charge is -2.15. The quantitative estimate of drug-likeness (QED) is 0.576. The van der Waals surface area contributed by atoms with E-state index >= 15 is 0 Å². The maximum Gasteiger partial charge on any atom is 0.310 e. The summed E-state index contributed by atoms with van der Waals surface area (Å²) < 4.78 is 23.8. The molecule has 0 bridgehead atoms. The Hall–Kier alpha value is -2.69. The molecule has 0 fully saturated rings. The lowest BCUT2D eigenvalue weighted by molar-refractivity contribution is -0.145. The molecule has 0 amide bonds. The molecule has 0 heterocycles. The third-order valence-corrected chi connectivity index (χ3v) is 4.35. The molecule has 0 saturated carbocycles. The molecular formula is C21H23FO4. The van der Waals surface area contributed by atoms with Crippen molar-refractivity contribution in [3.05, 3.63) is 64.0 Å². The summed E-state index contributed by atoms with van der Waals surface area (Å²) in [6.07, 6.45) is -1.03. The normalized spacial score (nSPS) is 11.8. The molecular weight excluding hydrogens is 335 g/mol. The van der Waals surface area contributed by atoms with E-state index in [1.165, 1.54) is 19.2 Å². The highest BCUT2D eigenvalue weighted by Gasteiger charge is 2.22. The van der Waals surface area contributed by atoms with E-state index in [9.17, 15) is 14.0 Å². The molecule has 0 spiro atoms. The van der Waals surface area contributed by atoms with E-state index < -0.39 is 17.9 Å². The Balaban J connectivity index is 2.06. The molecule has 5 heteroatoms. The molecule has 0 aliphatic heterocycles. The summed E-state index contributed by atoms with van der Waals surface area (Å²) in [5.41, 5.74) is 3.95. The molecule has 0 unspecified atom stereocenters. The van der Waals surface area contributed by atoms with Crippen LogP contribution in [0.1, 0.15) is 39.5 Å². The Morgan fingerprint density at radius 2 is 1.69 bits per heavy atom. The number of Topliss-reactive ketones (excluding diaryl/α,β-unsaturated/α-hetero) is 1. The summed E-state index contributed by atoms with van der Waals surface area (Å²) in [6.45, 7) is 7.31. The van der Waals surface area contributed by atoms with Gasteiger partial charge in [0.1, 0.15) is 0 Å². The number of halogens is 1. The minimum Gasteiger partial charge on any atom is -0.494 e. The van der Waals surface area contributed by atoms with E-state index in [1.807, 2.05) is 32.9 Å². The first-order valence-electron chi connectivity index (χ1n) is 8.37. The van der Waals surface area contributed by atoms with Gasteiger partial charge in [-0.1, -0.05) is 12.1 Å². The fraction of sp³-hybridized carbons (Fsp3) is 0.333. The van der Waals surface area contributed by atoms with Crippen LogP contribution in [-0.2, 0) is 16.0 Å². The predicted octanol–water partition coefficient (Wildman–Crippen LogP) is 4.12.